The van der Waals surface area contributed by atoms with Gasteiger partial charge in [0.1, 0.15) is 25.4 Å². The summed E-state index contributed by atoms with van der Waals surface area (Å²) in [5.41, 5.74) is 7.45. The number of anilines is 2. The van der Waals surface area contributed by atoms with E-state index in [9.17, 15) is 0 Å². The Morgan fingerprint density at radius 1 is 1.26 bits per heavy atom. The number of aromatic amines is 1. The standard InChI is InChI=1S/C12H15N5O2/c13-8-5-10-11(19-4-3-18-10)6-9(8)14-2-1-12-15-7-16-17-12/h5-7,14H,1-4,13H2,(H,15,16,17). The summed E-state index contributed by atoms with van der Waals surface area (Å²) in [7, 11) is 0. The average molecular weight is 261 g/mol. The second-order valence-electron chi connectivity index (χ2n) is 4.19. The highest BCUT2D eigenvalue weighted by Crippen LogP contribution is 2.36. The van der Waals surface area contributed by atoms with Gasteiger partial charge < -0.3 is 20.5 Å². The number of hydrogen-bond donors (Lipinski definition) is 3. The van der Waals surface area contributed by atoms with Gasteiger partial charge in [-0.25, -0.2) is 4.98 Å². The number of ether oxygens (including phenoxy) is 2. The van der Waals surface area contributed by atoms with Crippen molar-refractivity contribution >= 4 is 11.4 Å². The Labute approximate surface area is 110 Å². The molecule has 0 amide bonds. The van der Waals surface area contributed by atoms with Crippen LogP contribution in [-0.2, 0) is 6.42 Å². The van der Waals surface area contributed by atoms with Crippen LogP contribution in [0.15, 0.2) is 18.5 Å². The fourth-order valence-corrected chi connectivity index (χ4v) is 1.92. The van der Waals surface area contributed by atoms with E-state index in [1.54, 1.807) is 6.07 Å². The smallest absolute Gasteiger partial charge is 0.163 e. The van der Waals surface area contributed by atoms with Crippen molar-refractivity contribution in [1.29, 1.82) is 0 Å². The summed E-state index contributed by atoms with van der Waals surface area (Å²) in [5, 5.41) is 9.86. The molecule has 1 aromatic carbocycles. The molecule has 0 radical (unpaired) electrons. The second kappa shape index (κ2) is 5.05. The van der Waals surface area contributed by atoms with Gasteiger partial charge in [0.05, 0.1) is 11.4 Å². The normalized spacial score (nSPS) is 13.3. The van der Waals surface area contributed by atoms with Crippen LogP contribution in [0.3, 0.4) is 0 Å². The summed E-state index contributed by atoms with van der Waals surface area (Å²) in [4.78, 5) is 4.06. The Balaban J connectivity index is 1.67. The SMILES string of the molecule is Nc1cc2c(cc1NCCc1ncn[nH]1)OCCO2. The minimum absolute atomic E-state index is 0.560. The molecule has 2 aromatic rings. The maximum atomic E-state index is 5.97. The van der Waals surface area contributed by atoms with Gasteiger partial charge in [-0.3, -0.25) is 5.10 Å². The van der Waals surface area contributed by atoms with Gasteiger partial charge in [0.25, 0.3) is 0 Å². The highest BCUT2D eigenvalue weighted by molar-refractivity contribution is 5.72. The molecule has 0 fully saturated rings. The number of nitrogen functional groups attached to an aromatic ring is 1. The fraction of sp³-hybridized carbons (Fsp3) is 0.333. The number of benzene rings is 1. The van der Waals surface area contributed by atoms with E-state index in [1.807, 2.05) is 6.07 Å². The van der Waals surface area contributed by atoms with Crippen LogP contribution in [0.5, 0.6) is 11.5 Å². The van der Waals surface area contributed by atoms with Gasteiger partial charge >= 0.3 is 0 Å². The lowest BCUT2D eigenvalue weighted by atomic mass is 10.2. The summed E-state index contributed by atoms with van der Waals surface area (Å²) >= 11 is 0. The summed E-state index contributed by atoms with van der Waals surface area (Å²) in [6.45, 7) is 1.83. The molecule has 0 saturated heterocycles. The molecule has 1 aliphatic rings. The van der Waals surface area contributed by atoms with E-state index in [1.165, 1.54) is 6.33 Å². The Hall–Kier alpha value is -2.44. The van der Waals surface area contributed by atoms with Gasteiger partial charge in [0, 0.05) is 25.1 Å². The van der Waals surface area contributed by atoms with Crippen LogP contribution in [0.2, 0.25) is 0 Å². The number of nitrogens with one attached hydrogen (secondary N) is 2. The van der Waals surface area contributed by atoms with E-state index in [4.69, 9.17) is 15.2 Å². The van der Waals surface area contributed by atoms with Gasteiger partial charge in [0.15, 0.2) is 11.5 Å². The third-order valence-corrected chi connectivity index (χ3v) is 2.86. The highest BCUT2D eigenvalue weighted by Gasteiger charge is 2.14. The van der Waals surface area contributed by atoms with Crippen LogP contribution in [0.4, 0.5) is 11.4 Å². The monoisotopic (exact) mass is 261 g/mol. The van der Waals surface area contributed by atoms with Crippen LogP contribution < -0.4 is 20.5 Å². The maximum absolute atomic E-state index is 5.97. The lowest BCUT2D eigenvalue weighted by Crippen LogP contribution is -2.16. The van der Waals surface area contributed by atoms with Crippen LogP contribution in [0.25, 0.3) is 0 Å². The van der Waals surface area contributed by atoms with Crippen molar-refractivity contribution in [3.8, 4) is 11.5 Å². The van der Waals surface area contributed by atoms with Crippen LogP contribution in [0.1, 0.15) is 5.82 Å². The van der Waals surface area contributed by atoms with Crippen molar-refractivity contribution < 1.29 is 9.47 Å². The lowest BCUT2D eigenvalue weighted by molar-refractivity contribution is 0.172. The van der Waals surface area contributed by atoms with E-state index in [0.29, 0.717) is 31.2 Å². The molecular weight excluding hydrogens is 246 g/mol. The number of hydrogen-bond acceptors (Lipinski definition) is 6. The van der Waals surface area contributed by atoms with Crippen LogP contribution in [0, 0.1) is 0 Å². The first-order valence-corrected chi connectivity index (χ1v) is 6.10. The third-order valence-electron chi connectivity index (χ3n) is 2.86. The molecule has 0 spiro atoms. The van der Waals surface area contributed by atoms with Gasteiger partial charge in [-0.15, -0.1) is 0 Å². The Morgan fingerprint density at radius 3 is 2.79 bits per heavy atom. The predicted molar refractivity (Wildman–Crippen MR) is 70.4 cm³/mol. The summed E-state index contributed by atoms with van der Waals surface area (Å²) in [6.07, 6.45) is 2.24. The number of nitrogens with zero attached hydrogens (tertiary/aromatic N) is 2. The molecule has 0 aliphatic carbocycles. The molecule has 0 unspecified atom stereocenters. The first-order chi connectivity index (χ1) is 9.33. The minimum Gasteiger partial charge on any atom is -0.486 e. The second-order valence-corrected chi connectivity index (χ2v) is 4.19. The lowest BCUT2D eigenvalue weighted by Gasteiger charge is -2.20. The molecule has 7 nitrogen and oxygen atoms in total. The van der Waals surface area contributed by atoms with Gasteiger partial charge in [-0.1, -0.05) is 0 Å². The van der Waals surface area contributed by atoms with E-state index in [2.05, 4.69) is 20.5 Å². The molecule has 0 atom stereocenters. The third kappa shape index (κ3) is 2.54. The molecule has 0 saturated carbocycles. The molecule has 19 heavy (non-hydrogen) atoms. The molecule has 7 heteroatoms. The minimum atomic E-state index is 0.560. The van der Waals surface area contributed by atoms with E-state index in [0.717, 1.165) is 23.7 Å². The van der Waals surface area contributed by atoms with Gasteiger partial charge in [-0.2, -0.15) is 5.10 Å². The Morgan fingerprint density at radius 2 is 2.05 bits per heavy atom. The molecule has 4 N–H and O–H groups in total. The van der Waals surface area contributed by atoms with Crippen LogP contribution in [-0.4, -0.2) is 34.9 Å². The first-order valence-electron chi connectivity index (χ1n) is 6.10. The largest absolute Gasteiger partial charge is 0.486 e. The number of aromatic nitrogens is 3. The molecular formula is C12H15N5O2. The highest BCUT2D eigenvalue weighted by atomic mass is 16.6. The molecule has 100 valence electrons. The Bertz CT molecular complexity index is 555. The molecule has 0 bridgehead atoms. The molecule has 1 aliphatic heterocycles. The van der Waals surface area contributed by atoms with Crippen molar-refractivity contribution in [2.45, 2.75) is 6.42 Å². The molecule has 3 rings (SSSR count). The van der Waals surface area contributed by atoms with Crippen molar-refractivity contribution in [3.05, 3.63) is 24.3 Å². The zero-order chi connectivity index (χ0) is 13.1. The zero-order valence-corrected chi connectivity index (χ0v) is 10.3. The topological polar surface area (TPSA) is 98.1 Å². The predicted octanol–water partition coefficient (Wildman–Crippen LogP) is 0.813. The van der Waals surface area contributed by atoms with Crippen molar-refractivity contribution in [2.75, 3.05) is 30.8 Å². The van der Waals surface area contributed by atoms with Crippen molar-refractivity contribution in [3.63, 3.8) is 0 Å². The number of nitrogens with two attached hydrogens (primary N) is 1. The Kier molecular flexibility index (Phi) is 3.09. The van der Waals surface area contributed by atoms with E-state index < -0.39 is 0 Å². The van der Waals surface area contributed by atoms with Gasteiger partial charge in [0.2, 0.25) is 0 Å². The van der Waals surface area contributed by atoms with E-state index >= 15 is 0 Å². The van der Waals surface area contributed by atoms with E-state index in [-0.39, 0.29) is 0 Å². The van der Waals surface area contributed by atoms with Gasteiger partial charge in [-0.05, 0) is 0 Å². The summed E-state index contributed by atoms with van der Waals surface area (Å²) in [5.74, 6) is 2.26. The zero-order valence-electron chi connectivity index (χ0n) is 10.3. The maximum Gasteiger partial charge on any atom is 0.163 e. The average Bonchev–Trinajstić information content (AvgIpc) is 2.92. The molecule has 1 aromatic heterocycles. The number of H-pyrrole nitrogens is 1. The number of rotatable bonds is 4. The number of fused-ring (bicyclic) bond motifs is 1. The first kappa shape index (κ1) is 11.6. The summed E-state index contributed by atoms with van der Waals surface area (Å²) < 4.78 is 11.0. The van der Waals surface area contributed by atoms with Crippen molar-refractivity contribution in [2.24, 2.45) is 0 Å². The van der Waals surface area contributed by atoms with Crippen molar-refractivity contribution in [1.82, 2.24) is 15.2 Å². The van der Waals surface area contributed by atoms with Crippen LogP contribution >= 0.6 is 0 Å². The summed E-state index contributed by atoms with van der Waals surface area (Å²) in [6, 6.07) is 3.65. The quantitative estimate of drug-likeness (QED) is 0.705. The molecule has 2 heterocycles. The fourth-order valence-electron chi connectivity index (χ4n) is 1.92.